The Balaban J connectivity index is 1.51. The molecule has 0 amide bonds. The molecule has 110 valence electrons. The van der Waals surface area contributed by atoms with Crippen molar-refractivity contribution in [1.29, 1.82) is 0 Å². The lowest BCUT2D eigenvalue weighted by atomic mass is 10.0. The number of hydrogen-bond acceptors (Lipinski definition) is 5. The highest BCUT2D eigenvalue weighted by Gasteiger charge is 2.21. The highest BCUT2D eigenvalue weighted by molar-refractivity contribution is 5.28. The second-order valence-electron chi connectivity index (χ2n) is 5.77. The fraction of sp³-hybridized carbons (Fsp3) is 0.733. The van der Waals surface area contributed by atoms with Crippen molar-refractivity contribution >= 4 is 5.95 Å². The molecular weight excluding hydrogens is 252 g/mol. The molecule has 1 unspecified atom stereocenters. The van der Waals surface area contributed by atoms with Gasteiger partial charge in [-0.2, -0.15) is 0 Å². The number of rotatable bonds is 3. The van der Waals surface area contributed by atoms with Crippen LogP contribution in [0.2, 0.25) is 0 Å². The molecule has 0 aliphatic carbocycles. The van der Waals surface area contributed by atoms with Gasteiger partial charge < -0.3 is 14.5 Å². The van der Waals surface area contributed by atoms with Crippen molar-refractivity contribution in [2.24, 2.45) is 5.92 Å². The fourth-order valence-electron chi connectivity index (χ4n) is 3.12. The van der Waals surface area contributed by atoms with Crippen LogP contribution in [0.5, 0.6) is 0 Å². The van der Waals surface area contributed by atoms with Crippen LogP contribution in [0.15, 0.2) is 18.5 Å². The van der Waals surface area contributed by atoms with Crippen LogP contribution in [-0.2, 0) is 4.74 Å². The average molecular weight is 276 g/mol. The molecule has 3 rings (SSSR count). The Bertz CT molecular complexity index is 394. The summed E-state index contributed by atoms with van der Waals surface area (Å²) in [6.07, 6.45) is 7.38. The molecule has 5 heteroatoms. The number of nitrogens with zero attached hydrogens (tertiary/aromatic N) is 4. The van der Waals surface area contributed by atoms with Crippen molar-refractivity contribution in [2.75, 3.05) is 50.8 Å². The van der Waals surface area contributed by atoms with E-state index in [1.807, 2.05) is 18.5 Å². The first-order valence-corrected chi connectivity index (χ1v) is 7.74. The predicted octanol–water partition coefficient (Wildman–Crippen LogP) is 1.42. The van der Waals surface area contributed by atoms with Gasteiger partial charge in [-0.25, -0.2) is 9.97 Å². The SMILES string of the molecule is c1cnc(N2CCCN(CC3CCCOC3)CC2)nc1. The first-order valence-electron chi connectivity index (χ1n) is 7.74. The molecule has 0 bridgehead atoms. The molecule has 0 aromatic carbocycles. The second kappa shape index (κ2) is 6.99. The first-order chi connectivity index (χ1) is 9.92. The molecule has 2 aliphatic rings. The fourth-order valence-corrected chi connectivity index (χ4v) is 3.12. The van der Waals surface area contributed by atoms with E-state index in [2.05, 4.69) is 19.8 Å². The smallest absolute Gasteiger partial charge is 0.225 e. The van der Waals surface area contributed by atoms with Gasteiger partial charge in [0.2, 0.25) is 5.95 Å². The summed E-state index contributed by atoms with van der Waals surface area (Å²) in [5.74, 6) is 1.60. The van der Waals surface area contributed by atoms with Crippen molar-refractivity contribution in [1.82, 2.24) is 14.9 Å². The van der Waals surface area contributed by atoms with E-state index in [0.29, 0.717) is 0 Å². The van der Waals surface area contributed by atoms with Crippen molar-refractivity contribution in [3.8, 4) is 0 Å². The maximum atomic E-state index is 5.59. The largest absolute Gasteiger partial charge is 0.381 e. The quantitative estimate of drug-likeness (QED) is 0.835. The number of hydrogen-bond donors (Lipinski definition) is 0. The average Bonchev–Trinajstić information content (AvgIpc) is 2.75. The predicted molar refractivity (Wildman–Crippen MR) is 78.8 cm³/mol. The zero-order chi connectivity index (χ0) is 13.6. The zero-order valence-corrected chi connectivity index (χ0v) is 12.1. The molecule has 3 heterocycles. The summed E-state index contributed by atoms with van der Waals surface area (Å²) < 4.78 is 5.59. The Morgan fingerprint density at radius 1 is 1.10 bits per heavy atom. The molecule has 1 atom stereocenters. The Hall–Kier alpha value is -1.20. The standard InChI is InChI=1S/C15H24N4O/c1-4-14(13-20-11-1)12-18-7-3-8-19(10-9-18)15-16-5-2-6-17-15/h2,5-6,14H,1,3-4,7-13H2. The van der Waals surface area contributed by atoms with Crippen LogP contribution in [0.1, 0.15) is 19.3 Å². The molecule has 5 nitrogen and oxygen atoms in total. The summed E-state index contributed by atoms with van der Waals surface area (Å²) in [4.78, 5) is 13.6. The lowest BCUT2D eigenvalue weighted by Crippen LogP contribution is -2.36. The summed E-state index contributed by atoms with van der Waals surface area (Å²) >= 11 is 0. The molecule has 0 radical (unpaired) electrons. The van der Waals surface area contributed by atoms with Gasteiger partial charge in [0.05, 0.1) is 6.61 Å². The van der Waals surface area contributed by atoms with Gasteiger partial charge in [-0.05, 0) is 37.8 Å². The van der Waals surface area contributed by atoms with Crippen LogP contribution >= 0.6 is 0 Å². The van der Waals surface area contributed by atoms with Crippen molar-refractivity contribution in [2.45, 2.75) is 19.3 Å². The van der Waals surface area contributed by atoms with E-state index >= 15 is 0 Å². The van der Waals surface area contributed by atoms with Gasteiger partial charge in [-0.1, -0.05) is 0 Å². The summed E-state index contributed by atoms with van der Waals surface area (Å²) in [7, 11) is 0. The number of aromatic nitrogens is 2. The maximum Gasteiger partial charge on any atom is 0.225 e. The van der Waals surface area contributed by atoms with Crippen LogP contribution in [0.25, 0.3) is 0 Å². The molecule has 20 heavy (non-hydrogen) atoms. The van der Waals surface area contributed by atoms with Gasteiger partial charge >= 0.3 is 0 Å². The van der Waals surface area contributed by atoms with Crippen LogP contribution in [0, 0.1) is 5.92 Å². The van der Waals surface area contributed by atoms with Gasteiger partial charge in [0.1, 0.15) is 0 Å². The third-order valence-electron chi connectivity index (χ3n) is 4.19. The molecule has 2 aliphatic heterocycles. The molecule has 2 fully saturated rings. The summed E-state index contributed by atoms with van der Waals surface area (Å²) in [6, 6.07) is 1.87. The summed E-state index contributed by atoms with van der Waals surface area (Å²) in [6.45, 7) is 7.45. The van der Waals surface area contributed by atoms with Gasteiger partial charge in [0, 0.05) is 45.2 Å². The maximum absolute atomic E-state index is 5.59. The van der Waals surface area contributed by atoms with E-state index in [1.54, 1.807) is 0 Å². The van der Waals surface area contributed by atoms with E-state index in [1.165, 1.54) is 32.4 Å². The van der Waals surface area contributed by atoms with E-state index in [-0.39, 0.29) is 0 Å². The number of ether oxygens (including phenoxy) is 1. The summed E-state index contributed by atoms with van der Waals surface area (Å²) in [5.41, 5.74) is 0. The highest BCUT2D eigenvalue weighted by atomic mass is 16.5. The third kappa shape index (κ3) is 3.67. The van der Waals surface area contributed by atoms with Crippen LogP contribution in [-0.4, -0.2) is 60.8 Å². The Labute approximate surface area is 121 Å². The first kappa shape index (κ1) is 13.8. The lowest BCUT2D eigenvalue weighted by molar-refractivity contribution is 0.0395. The van der Waals surface area contributed by atoms with Crippen molar-refractivity contribution in [3.63, 3.8) is 0 Å². The molecule has 0 N–H and O–H groups in total. The zero-order valence-electron chi connectivity index (χ0n) is 12.1. The van der Waals surface area contributed by atoms with Gasteiger partial charge in [-0.3, -0.25) is 0 Å². The van der Waals surface area contributed by atoms with Crippen molar-refractivity contribution < 1.29 is 4.74 Å². The molecule has 1 aromatic heterocycles. The highest BCUT2D eigenvalue weighted by Crippen LogP contribution is 2.17. The molecular formula is C15H24N4O. The van der Waals surface area contributed by atoms with Gasteiger partial charge in [0.25, 0.3) is 0 Å². The van der Waals surface area contributed by atoms with Crippen LogP contribution in [0.4, 0.5) is 5.95 Å². The van der Waals surface area contributed by atoms with E-state index in [4.69, 9.17) is 4.74 Å². The minimum absolute atomic E-state index is 0.725. The number of anilines is 1. The molecule has 1 aromatic rings. The minimum Gasteiger partial charge on any atom is -0.381 e. The monoisotopic (exact) mass is 276 g/mol. The van der Waals surface area contributed by atoms with Crippen LogP contribution < -0.4 is 4.90 Å². The topological polar surface area (TPSA) is 41.5 Å². The van der Waals surface area contributed by atoms with E-state index in [0.717, 1.165) is 44.7 Å². The molecule has 2 saturated heterocycles. The van der Waals surface area contributed by atoms with Gasteiger partial charge in [0.15, 0.2) is 0 Å². The Kier molecular flexibility index (Phi) is 4.82. The second-order valence-corrected chi connectivity index (χ2v) is 5.77. The van der Waals surface area contributed by atoms with Crippen molar-refractivity contribution in [3.05, 3.63) is 18.5 Å². The molecule has 0 saturated carbocycles. The Morgan fingerprint density at radius 3 is 2.80 bits per heavy atom. The van der Waals surface area contributed by atoms with Crippen LogP contribution in [0.3, 0.4) is 0 Å². The van der Waals surface area contributed by atoms with E-state index in [9.17, 15) is 0 Å². The lowest BCUT2D eigenvalue weighted by Gasteiger charge is -2.28. The molecule has 0 spiro atoms. The third-order valence-corrected chi connectivity index (χ3v) is 4.19. The Morgan fingerprint density at radius 2 is 2.00 bits per heavy atom. The van der Waals surface area contributed by atoms with Gasteiger partial charge in [-0.15, -0.1) is 0 Å². The normalized spacial score (nSPS) is 25.4. The minimum atomic E-state index is 0.725. The summed E-state index contributed by atoms with van der Waals surface area (Å²) in [5, 5.41) is 0. The van der Waals surface area contributed by atoms with E-state index < -0.39 is 0 Å².